The smallest absolute Gasteiger partial charge is 0.335 e. The average Bonchev–Trinajstić information content (AvgIpc) is 3.00. The number of amides is 2. The minimum Gasteiger partial charge on any atom is -0.493 e. The zero-order valence-corrected chi connectivity index (χ0v) is 17.4. The third-order valence-electron chi connectivity index (χ3n) is 4.37. The number of carboxylic acid groups (broad SMARTS) is 1. The molecule has 1 aliphatic rings. The Morgan fingerprint density at radius 1 is 1.17 bits per heavy atom. The number of hydrogen-bond donors (Lipinski definition) is 1. The van der Waals surface area contributed by atoms with Crippen LogP contribution in [-0.2, 0) is 11.4 Å². The van der Waals surface area contributed by atoms with Crippen LogP contribution in [0.3, 0.4) is 0 Å². The molecule has 0 aromatic heterocycles. The summed E-state index contributed by atoms with van der Waals surface area (Å²) in [5, 5.41) is 8.83. The highest BCUT2D eigenvalue weighted by atomic mass is 32.2. The first-order chi connectivity index (χ1) is 14.4. The summed E-state index contributed by atoms with van der Waals surface area (Å²) in [7, 11) is 1.51. The molecule has 2 aromatic carbocycles. The van der Waals surface area contributed by atoms with Crippen molar-refractivity contribution in [3.8, 4) is 11.5 Å². The van der Waals surface area contributed by atoms with Gasteiger partial charge in [0.2, 0.25) is 0 Å². The van der Waals surface area contributed by atoms with E-state index in [9.17, 15) is 14.4 Å². The maximum Gasteiger partial charge on any atom is 0.335 e. The number of nitrogens with zero attached hydrogens (tertiary/aromatic N) is 1. The molecule has 0 aliphatic carbocycles. The van der Waals surface area contributed by atoms with Gasteiger partial charge in [-0.3, -0.25) is 14.5 Å². The molecule has 156 valence electrons. The van der Waals surface area contributed by atoms with E-state index in [0.29, 0.717) is 40.5 Å². The first-order valence-corrected chi connectivity index (χ1v) is 10.1. The highest BCUT2D eigenvalue weighted by molar-refractivity contribution is 8.18. The zero-order chi connectivity index (χ0) is 21.7. The Bertz CT molecular complexity index is 1020. The Hall–Kier alpha value is -3.26. The Morgan fingerprint density at radius 2 is 1.97 bits per heavy atom. The molecular weight excluding hydrogens is 406 g/mol. The lowest BCUT2D eigenvalue weighted by atomic mass is 10.1. The second kappa shape index (κ2) is 9.49. The molecule has 0 unspecified atom stereocenters. The summed E-state index contributed by atoms with van der Waals surface area (Å²) in [6, 6.07) is 11.7. The fourth-order valence-corrected chi connectivity index (χ4v) is 3.78. The Morgan fingerprint density at radius 3 is 2.67 bits per heavy atom. The van der Waals surface area contributed by atoms with Crippen molar-refractivity contribution < 1.29 is 29.0 Å². The van der Waals surface area contributed by atoms with Crippen molar-refractivity contribution in [2.75, 3.05) is 13.7 Å². The molecule has 1 heterocycles. The fourth-order valence-electron chi connectivity index (χ4n) is 2.92. The summed E-state index contributed by atoms with van der Waals surface area (Å²) >= 11 is 0.924. The van der Waals surface area contributed by atoms with E-state index in [-0.39, 0.29) is 23.3 Å². The van der Waals surface area contributed by atoms with Gasteiger partial charge in [-0.05, 0) is 59.7 Å². The molecule has 0 radical (unpaired) electrons. The van der Waals surface area contributed by atoms with Crippen molar-refractivity contribution >= 4 is 35.0 Å². The normalized spacial score (nSPS) is 15.0. The van der Waals surface area contributed by atoms with Crippen LogP contribution in [0.25, 0.3) is 6.08 Å². The van der Waals surface area contributed by atoms with Crippen LogP contribution < -0.4 is 9.47 Å². The van der Waals surface area contributed by atoms with Crippen molar-refractivity contribution in [1.29, 1.82) is 0 Å². The third-order valence-corrected chi connectivity index (χ3v) is 5.28. The standard InChI is InChI=1S/C22H21NO6S/c1-3-9-23-20(24)19(30-22(23)27)12-14-7-8-17(18(11-14)28-2)29-13-15-5-4-6-16(10-15)21(25)26/h4-8,10-12H,3,9,13H2,1-2H3,(H,25,26)/b19-12+. The number of carbonyl (C=O) groups is 3. The van der Waals surface area contributed by atoms with Crippen LogP contribution in [-0.4, -0.2) is 40.8 Å². The van der Waals surface area contributed by atoms with E-state index < -0.39 is 5.97 Å². The van der Waals surface area contributed by atoms with Crippen LogP contribution in [0, 0.1) is 0 Å². The lowest BCUT2D eigenvalue weighted by Gasteiger charge is -2.12. The second-order valence-electron chi connectivity index (χ2n) is 6.54. The van der Waals surface area contributed by atoms with Gasteiger partial charge in [-0.25, -0.2) is 4.79 Å². The molecule has 0 saturated carbocycles. The first kappa shape index (κ1) is 21.4. The quantitative estimate of drug-likeness (QED) is 0.623. The maximum atomic E-state index is 12.4. The number of aromatic carboxylic acids is 1. The van der Waals surface area contributed by atoms with E-state index >= 15 is 0 Å². The largest absolute Gasteiger partial charge is 0.493 e. The van der Waals surface area contributed by atoms with Crippen molar-refractivity contribution in [1.82, 2.24) is 4.90 Å². The molecule has 3 rings (SSSR count). The average molecular weight is 427 g/mol. The molecule has 2 amide bonds. The van der Waals surface area contributed by atoms with Gasteiger partial charge in [-0.1, -0.05) is 25.1 Å². The summed E-state index contributed by atoms with van der Waals surface area (Å²) in [4.78, 5) is 37.1. The van der Waals surface area contributed by atoms with Crippen molar-refractivity contribution in [2.24, 2.45) is 0 Å². The Kier molecular flexibility index (Phi) is 6.79. The predicted octanol–water partition coefficient (Wildman–Crippen LogP) is 4.42. The zero-order valence-electron chi connectivity index (χ0n) is 16.6. The Labute approximate surface area is 178 Å². The molecule has 7 nitrogen and oxygen atoms in total. The molecule has 2 aromatic rings. The van der Waals surface area contributed by atoms with E-state index in [0.717, 1.165) is 11.8 Å². The molecular formula is C22H21NO6S. The SMILES string of the molecule is CCCN1C(=O)S/C(=C/c2ccc(OCc3cccc(C(=O)O)c3)c(OC)c2)C1=O. The summed E-state index contributed by atoms with van der Waals surface area (Å²) in [6.45, 7) is 2.49. The van der Waals surface area contributed by atoms with E-state index in [2.05, 4.69) is 0 Å². The molecule has 0 atom stereocenters. The molecule has 0 spiro atoms. The molecule has 1 fully saturated rings. The van der Waals surface area contributed by atoms with Crippen LogP contribution in [0.1, 0.15) is 34.8 Å². The van der Waals surface area contributed by atoms with Gasteiger partial charge in [0, 0.05) is 6.54 Å². The molecule has 30 heavy (non-hydrogen) atoms. The molecule has 0 bridgehead atoms. The van der Waals surface area contributed by atoms with Crippen LogP contribution in [0.15, 0.2) is 47.4 Å². The monoisotopic (exact) mass is 427 g/mol. The van der Waals surface area contributed by atoms with E-state index in [1.165, 1.54) is 18.1 Å². The van der Waals surface area contributed by atoms with Gasteiger partial charge >= 0.3 is 5.97 Å². The van der Waals surface area contributed by atoms with Gasteiger partial charge in [0.05, 0.1) is 17.6 Å². The summed E-state index contributed by atoms with van der Waals surface area (Å²) in [6.07, 6.45) is 2.36. The van der Waals surface area contributed by atoms with Crippen LogP contribution >= 0.6 is 11.8 Å². The molecule has 1 aliphatic heterocycles. The van der Waals surface area contributed by atoms with Crippen molar-refractivity contribution in [3.63, 3.8) is 0 Å². The highest BCUT2D eigenvalue weighted by Gasteiger charge is 2.34. The van der Waals surface area contributed by atoms with Gasteiger partial charge in [-0.2, -0.15) is 0 Å². The van der Waals surface area contributed by atoms with Gasteiger partial charge < -0.3 is 14.6 Å². The minimum absolute atomic E-state index is 0.173. The van der Waals surface area contributed by atoms with Gasteiger partial charge in [0.15, 0.2) is 11.5 Å². The number of benzene rings is 2. The minimum atomic E-state index is -0.998. The van der Waals surface area contributed by atoms with Crippen LogP contribution in [0.2, 0.25) is 0 Å². The van der Waals surface area contributed by atoms with Crippen molar-refractivity contribution in [3.05, 3.63) is 64.1 Å². The number of methoxy groups -OCH3 is 1. The summed E-state index contributed by atoms with van der Waals surface area (Å²) in [5.41, 5.74) is 1.61. The number of imide groups is 1. The number of ether oxygens (including phenoxy) is 2. The molecule has 1 N–H and O–H groups in total. The number of hydrogen-bond acceptors (Lipinski definition) is 6. The highest BCUT2D eigenvalue weighted by Crippen LogP contribution is 2.34. The fraction of sp³-hybridized carbons (Fsp3) is 0.227. The lowest BCUT2D eigenvalue weighted by molar-refractivity contribution is -0.122. The van der Waals surface area contributed by atoms with E-state index in [4.69, 9.17) is 14.6 Å². The lowest BCUT2D eigenvalue weighted by Crippen LogP contribution is -2.28. The molecule has 1 saturated heterocycles. The number of carbonyl (C=O) groups excluding carboxylic acids is 2. The van der Waals surface area contributed by atoms with Crippen molar-refractivity contribution in [2.45, 2.75) is 20.0 Å². The number of rotatable bonds is 8. The topological polar surface area (TPSA) is 93.1 Å². The second-order valence-corrected chi connectivity index (χ2v) is 7.53. The first-order valence-electron chi connectivity index (χ1n) is 9.31. The van der Waals surface area contributed by atoms with E-state index in [1.54, 1.807) is 42.5 Å². The summed E-state index contributed by atoms with van der Waals surface area (Å²) < 4.78 is 11.2. The van der Waals surface area contributed by atoms with Gasteiger partial charge in [0.25, 0.3) is 11.1 Å². The summed E-state index contributed by atoms with van der Waals surface area (Å²) in [5.74, 6) is -0.341. The predicted molar refractivity (Wildman–Crippen MR) is 114 cm³/mol. The Balaban J connectivity index is 1.75. The third kappa shape index (κ3) is 4.83. The molecule has 8 heteroatoms. The maximum absolute atomic E-state index is 12.4. The van der Waals surface area contributed by atoms with Gasteiger partial charge in [0.1, 0.15) is 6.61 Å². The number of thioether (sulfide) groups is 1. The number of carboxylic acids is 1. The van der Waals surface area contributed by atoms with Crippen LogP contribution in [0.5, 0.6) is 11.5 Å². The van der Waals surface area contributed by atoms with Crippen LogP contribution in [0.4, 0.5) is 4.79 Å². The van der Waals surface area contributed by atoms with Gasteiger partial charge in [-0.15, -0.1) is 0 Å². The van der Waals surface area contributed by atoms with E-state index in [1.807, 2.05) is 6.92 Å².